The predicted molar refractivity (Wildman–Crippen MR) is 58.9 cm³/mol. The molecule has 15 heavy (non-hydrogen) atoms. The lowest BCUT2D eigenvalue weighted by molar-refractivity contribution is -0.143. The summed E-state index contributed by atoms with van der Waals surface area (Å²) in [6.45, 7) is 4.14. The minimum absolute atomic E-state index is 0.443. The molecule has 0 bridgehead atoms. The third kappa shape index (κ3) is 1.89. The molecular weight excluding hydrogens is 188 g/mol. The van der Waals surface area contributed by atoms with E-state index < -0.39 is 11.4 Å². The van der Waals surface area contributed by atoms with Gasteiger partial charge in [0.05, 0.1) is 5.41 Å². The molecule has 0 radical (unpaired) electrons. The molecule has 0 aromatic heterocycles. The van der Waals surface area contributed by atoms with Crippen molar-refractivity contribution in [2.45, 2.75) is 33.1 Å². The SMILES string of the molecule is Cc1ccc(CC2(C(=O)O)CC2)cc1C. The highest BCUT2D eigenvalue weighted by Gasteiger charge is 2.49. The van der Waals surface area contributed by atoms with E-state index in [0.29, 0.717) is 6.42 Å². The van der Waals surface area contributed by atoms with Crippen LogP contribution < -0.4 is 0 Å². The third-order valence-electron chi connectivity index (χ3n) is 3.42. The van der Waals surface area contributed by atoms with Gasteiger partial charge in [-0.25, -0.2) is 0 Å². The van der Waals surface area contributed by atoms with Crippen LogP contribution in [0.1, 0.15) is 29.5 Å². The van der Waals surface area contributed by atoms with Crippen LogP contribution in [0.3, 0.4) is 0 Å². The second kappa shape index (κ2) is 3.37. The second-order valence-electron chi connectivity index (χ2n) is 4.68. The maximum Gasteiger partial charge on any atom is 0.309 e. The van der Waals surface area contributed by atoms with Gasteiger partial charge in [-0.15, -0.1) is 0 Å². The number of aryl methyl sites for hydroxylation is 2. The van der Waals surface area contributed by atoms with Gasteiger partial charge >= 0.3 is 5.97 Å². The number of hydrogen-bond acceptors (Lipinski definition) is 1. The van der Waals surface area contributed by atoms with E-state index in [1.54, 1.807) is 0 Å². The molecule has 1 fully saturated rings. The van der Waals surface area contributed by atoms with E-state index in [1.165, 1.54) is 11.1 Å². The van der Waals surface area contributed by atoms with Crippen LogP contribution in [0, 0.1) is 19.3 Å². The van der Waals surface area contributed by atoms with Crippen LogP contribution in [0.5, 0.6) is 0 Å². The lowest BCUT2D eigenvalue weighted by atomic mass is 9.94. The lowest BCUT2D eigenvalue weighted by Crippen LogP contribution is -2.17. The van der Waals surface area contributed by atoms with Gasteiger partial charge in [-0.05, 0) is 49.8 Å². The Morgan fingerprint density at radius 3 is 2.47 bits per heavy atom. The van der Waals surface area contributed by atoms with Crippen molar-refractivity contribution >= 4 is 5.97 Å². The van der Waals surface area contributed by atoms with E-state index in [-0.39, 0.29) is 0 Å². The molecule has 2 rings (SSSR count). The van der Waals surface area contributed by atoms with Crippen LogP contribution in [0.15, 0.2) is 18.2 Å². The number of aliphatic carboxylic acids is 1. The van der Waals surface area contributed by atoms with Crippen molar-refractivity contribution < 1.29 is 9.90 Å². The quantitative estimate of drug-likeness (QED) is 0.822. The van der Waals surface area contributed by atoms with E-state index in [1.807, 2.05) is 6.07 Å². The van der Waals surface area contributed by atoms with Gasteiger partial charge in [0.15, 0.2) is 0 Å². The first-order valence-corrected chi connectivity index (χ1v) is 5.33. The predicted octanol–water partition coefficient (Wildman–Crippen LogP) is 2.71. The Balaban J connectivity index is 2.18. The standard InChI is InChI=1S/C13H16O2/c1-9-3-4-11(7-10(9)2)8-13(5-6-13)12(14)15/h3-4,7H,5-6,8H2,1-2H3,(H,14,15). The van der Waals surface area contributed by atoms with Gasteiger partial charge in [0.1, 0.15) is 0 Å². The van der Waals surface area contributed by atoms with Crippen molar-refractivity contribution in [2.24, 2.45) is 5.41 Å². The van der Waals surface area contributed by atoms with Crippen LogP contribution in [0.4, 0.5) is 0 Å². The maximum atomic E-state index is 11.0. The molecule has 0 heterocycles. The Morgan fingerprint density at radius 2 is 2.00 bits per heavy atom. The third-order valence-corrected chi connectivity index (χ3v) is 3.42. The fourth-order valence-electron chi connectivity index (χ4n) is 1.92. The van der Waals surface area contributed by atoms with Crippen molar-refractivity contribution in [3.05, 3.63) is 34.9 Å². The molecule has 1 aromatic rings. The second-order valence-corrected chi connectivity index (χ2v) is 4.68. The number of carbonyl (C=O) groups is 1. The Bertz CT molecular complexity index is 403. The summed E-state index contributed by atoms with van der Waals surface area (Å²) >= 11 is 0. The highest BCUT2D eigenvalue weighted by molar-refractivity contribution is 5.78. The summed E-state index contributed by atoms with van der Waals surface area (Å²) in [4.78, 5) is 11.0. The smallest absolute Gasteiger partial charge is 0.309 e. The number of benzene rings is 1. The molecule has 80 valence electrons. The van der Waals surface area contributed by atoms with Gasteiger partial charge in [0.2, 0.25) is 0 Å². The molecule has 1 aliphatic carbocycles. The van der Waals surface area contributed by atoms with E-state index in [9.17, 15) is 4.79 Å². The Kier molecular flexibility index (Phi) is 2.29. The van der Waals surface area contributed by atoms with Crippen molar-refractivity contribution in [3.63, 3.8) is 0 Å². The van der Waals surface area contributed by atoms with Crippen LogP contribution >= 0.6 is 0 Å². The normalized spacial score (nSPS) is 17.5. The summed E-state index contributed by atoms with van der Waals surface area (Å²) in [7, 11) is 0. The Morgan fingerprint density at radius 1 is 1.33 bits per heavy atom. The molecule has 0 unspecified atom stereocenters. The molecule has 0 spiro atoms. The van der Waals surface area contributed by atoms with E-state index in [4.69, 9.17) is 5.11 Å². The van der Waals surface area contributed by atoms with Gasteiger partial charge < -0.3 is 5.11 Å². The van der Waals surface area contributed by atoms with E-state index in [2.05, 4.69) is 26.0 Å². The molecule has 2 nitrogen and oxygen atoms in total. The molecule has 2 heteroatoms. The number of rotatable bonds is 3. The highest BCUT2D eigenvalue weighted by Crippen LogP contribution is 2.48. The molecule has 1 N–H and O–H groups in total. The van der Waals surface area contributed by atoms with Crippen molar-refractivity contribution in [2.75, 3.05) is 0 Å². The first kappa shape index (κ1) is 10.2. The van der Waals surface area contributed by atoms with Gasteiger partial charge in [-0.1, -0.05) is 18.2 Å². The molecule has 0 saturated heterocycles. The molecule has 1 aromatic carbocycles. The molecule has 0 atom stereocenters. The first-order chi connectivity index (χ1) is 7.03. The van der Waals surface area contributed by atoms with Gasteiger partial charge in [0.25, 0.3) is 0 Å². The zero-order valence-electron chi connectivity index (χ0n) is 9.21. The largest absolute Gasteiger partial charge is 0.481 e. The topological polar surface area (TPSA) is 37.3 Å². The van der Waals surface area contributed by atoms with Crippen molar-refractivity contribution in [1.82, 2.24) is 0 Å². The van der Waals surface area contributed by atoms with Crippen molar-refractivity contribution in [3.8, 4) is 0 Å². The Hall–Kier alpha value is -1.31. The summed E-state index contributed by atoms with van der Waals surface area (Å²) in [5.74, 6) is -0.638. The fraction of sp³-hybridized carbons (Fsp3) is 0.462. The molecule has 1 aliphatic rings. The molecule has 0 amide bonds. The maximum absolute atomic E-state index is 11.0. The summed E-state index contributed by atoms with van der Waals surface area (Å²) < 4.78 is 0. The lowest BCUT2D eigenvalue weighted by Gasteiger charge is -2.10. The average molecular weight is 204 g/mol. The number of carboxylic acids is 1. The Labute approximate surface area is 89.9 Å². The van der Waals surface area contributed by atoms with Crippen LogP contribution in [-0.2, 0) is 11.2 Å². The van der Waals surface area contributed by atoms with E-state index >= 15 is 0 Å². The van der Waals surface area contributed by atoms with Gasteiger partial charge in [-0.2, -0.15) is 0 Å². The number of hydrogen-bond donors (Lipinski definition) is 1. The minimum Gasteiger partial charge on any atom is -0.481 e. The van der Waals surface area contributed by atoms with E-state index in [0.717, 1.165) is 18.4 Å². The first-order valence-electron chi connectivity index (χ1n) is 5.33. The van der Waals surface area contributed by atoms with Crippen LogP contribution in [-0.4, -0.2) is 11.1 Å². The summed E-state index contributed by atoms with van der Waals surface area (Å²) in [5.41, 5.74) is 3.22. The summed E-state index contributed by atoms with van der Waals surface area (Å²) in [6, 6.07) is 6.23. The minimum atomic E-state index is -0.638. The number of carboxylic acid groups (broad SMARTS) is 1. The fourth-order valence-corrected chi connectivity index (χ4v) is 1.92. The molecule has 1 saturated carbocycles. The average Bonchev–Trinajstić information content (AvgIpc) is 2.93. The molecular formula is C13H16O2. The zero-order chi connectivity index (χ0) is 11.1. The highest BCUT2D eigenvalue weighted by atomic mass is 16.4. The zero-order valence-corrected chi connectivity index (χ0v) is 9.21. The van der Waals surface area contributed by atoms with Crippen LogP contribution in [0.25, 0.3) is 0 Å². The van der Waals surface area contributed by atoms with Crippen LogP contribution in [0.2, 0.25) is 0 Å². The van der Waals surface area contributed by atoms with Gasteiger partial charge in [0, 0.05) is 0 Å². The summed E-state index contributed by atoms with van der Waals surface area (Å²) in [6.07, 6.45) is 2.34. The monoisotopic (exact) mass is 204 g/mol. The van der Waals surface area contributed by atoms with Gasteiger partial charge in [-0.3, -0.25) is 4.79 Å². The molecule has 0 aliphatic heterocycles. The van der Waals surface area contributed by atoms with Crippen molar-refractivity contribution in [1.29, 1.82) is 0 Å². The summed E-state index contributed by atoms with van der Waals surface area (Å²) in [5, 5.41) is 9.09.